The van der Waals surface area contributed by atoms with E-state index in [0.717, 1.165) is 19.7 Å². The molecule has 1 aliphatic rings. The second-order valence-electron chi connectivity index (χ2n) is 3.40. The van der Waals surface area contributed by atoms with Gasteiger partial charge in [-0.25, -0.2) is 0 Å². The first-order chi connectivity index (χ1) is 5.77. The number of hydrogen-bond acceptors (Lipinski definition) is 2. The predicted molar refractivity (Wildman–Crippen MR) is 51.8 cm³/mol. The summed E-state index contributed by atoms with van der Waals surface area (Å²) < 4.78 is 5.48. The lowest BCUT2D eigenvalue weighted by Crippen LogP contribution is -2.47. The van der Waals surface area contributed by atoms with Crippen molar-refractivity contribution in [3.05, 3.63) is 0 Å². The third kappa shape index (κ3) is 2.61. The zero-order chi connectivity index (χ0) is 8.97. The molecule has 0 aliphatic carbocycles. The van der Waals surface area contributed by atoms with E-state index >= 15 is 0 Å². The van der Waals surface area contributed by atoms with Crippen LogP contribution < -0.4 is 0 Å². The minimum atomic E-state index is 0.245. The standard InChI is InChI=1S/C9H18ClNO/c1-3-8(2)11-4-5-12-9(6-10)7-11/h8-9H,3-7H2,1-2H3. The Morgan fingerprint density at radius 1 is 1.67 bits per heavy atom. The lowest BCUT2D eigenvalue weighted by Gasteiger charge is -2.35. The normalized spacial score (nSPS) is 28.8. The number of rotatable bonds is 3. The van der Waals surface area contributed by atoms with E-state index < -0.39 is 0 Å². The number of ether oxygens (including phenoxy) is 1. The molecule has 12 heavy (non-hydrogen) atoms. The van der Waals surface area contributed by atoms with E-state index in [1.165, 1.54) is 6.42 Å². The average Bonchev–Trinajstić information content (AvgIpc) is 2.17. The summed E-state index contributed by atoms with van der Waals surface area (Å²) in [4.78, 5) is 2.45. The van der Waals surface area contributed by atoms with Crippen LogP contribution in [0.3, 0.4) is 0 Å². The summed E-state index contributed by atoms with van der Waals surface area (Å²) in [6, 6.07) is 0.666. The average molecular weight is 192 g/mol. The first-order valence-electron chi connectivity index (χ1n) is 4.69. The highest BCUT2D eigenvalue weighted by Crippen LogP contribution is 2.11. The van der Waals surface area contributed by atoms with Crippen LogP contribution in [0.25, 0.3) is 0 Å². The summed E-state index contributed by atoms with van der Waals surface area (Å²) in [6.45, 7) is 7.37. The van der Waals surface area contributed by atoms with E-state index in [0.29, 0.717) is 11.9 Å². The van der Waals surface area contributed by atoms with Gasteiger partial charge in [0.15, 0.2) is 0 Å². The molecule has 0 aromatic rings. The zero-order valence-electron chi connectivity index (χ0n) is 7.92. The maximum Gasteiger partial charge on any atom is 0.0837 e. The molecule has 2 atom stereocenters. The third-order valence-electron chi connectivity index (χ3n) is 2.56. The van der Waals surface area contributed by atoms with Gasteiger partial charge in [0.05, 0.1) is 12.7 Å². The molecule has 1 aliphatic heterocycles. The first-order valence-corrected chi connectivity index (χ1v) is 5.23. The van der Waals surface area contributed by atoms with E-state index in [1.54, 1.807) is 0 Å². The minimum Gasteiger partial charge on any atom is -0.374 e. The Kier molecular flexibility index (Phi) is 4.33. The van der Waals surface area contributed by atoms with Crippen LogP contribution in [-0.2, 0) is 4.74 Å². The van der Waals surface area contributed by atoms with Gasteiger partial charge in [-0.3, -0.25) is 4.90 Å². The number of halogens is 1. The lowest BCUT2D eigenvalue weighted by molar-refractivity contribution is -0.0301. The van der Waals surface area contributed by atoms with Crippen molar-refractivity contribution in [1.29, 1.82) is 0 Å². The van der Waals surface area contributed by atoms with E-state index in [1.807, 2.05) is 0 Å². The molecule has 0 saturated carbocycles. The Morgan fingerprint density at radius 3 is 3.00 bits per heavy atom. The second-order valence-corrected chi connectivity index (χ2v) is 3.71. The highest BCUT2D eigenvalue weighted by Gasteiger charge is 2.22. The van der Waals surface area contributed by atoms with Crippen molar-refractivity contribution in [2.75, 3.05) is 25.6 Å². The second kappa shape index (κ2) is 5.05. The van der Waals surface area contributed by atoms with Gasteiger partial charge < -0.3 is 4.74 Å². The summed E-state index contributed by atoms with van der Waals surface area (Å²) in [7, 11) is 0. The van der Waals surface area contributed by atoms with Gasteiger partial charge in [0.2, 0.25) is 0 Å². The number of hydrogen-bond donors (Lipinski definition) is 0. The van der Waals surface area contributed by atoms with Crippen LogP contribution in [0, 0.1) is 0 Å². The molecule has 0 aromatic carbocycles. The highest BCUT2D eigenvalue weighted by molar-refractivity contribution is 6.18. The van der Waals surface area contributed by atoms with Crippen LogP contribution in [0.4, 0.5) is 0 Å². The maximum absolute atomic E-state index is 5.74. The molecule has 1 fully saturated rings. The molecular formula is C9H18ClNO. The summed E-state index contributed by atoms with van der Waals surface area (Å²) in [5.74, 6) is 0.618. The molecule has 0 spiro atoms. The van der Waals surface area contributed by atoms with E-state index in [-0.39, 0.29) is 6.10 Å². The van der Waals surface area contributed by atoms with Crippen LogP contribution in [0.1, 0.15) is 20.3 Å². The fourth-order valence-electron chi connectivity index (χ4n) is 1.49. The van der Waals surface area contributed by atoms with Crippen molar-refractivity contribution in [2.45, 2.75) is 32.4 Å². The van der Waals surface area contributed by atoms with Gasteiger partial charge in [0.1, 0.15) is 0 Å². The molecule has 2 unspecified atom stereocenters. The van der Waals surface area contributed by atoms with Crippen LogP contribution >= 0.6 is 11.6 Å². The van der Waals surface area contributed by atoms with Crippen molar-refractivity contribution in [1.82, 2.24) is 4.90 Å². The molecule has 0 N–H and O–H groups in total. The molecule has 0 radical (unpaired) electrons. The Labute approximate surface area is 79.8 Å². The molecule has 72 valence electrons. The Balaban J connectivity index is 2.34. The van der Waals surface area contributed by atoms with Crippen molar-refractivity contribution < 1.29 is 4.74 Å². The maximum atomic E-state index is 5.74. The molecule has 1 rings (SSSR count). The van der Waals surface area contributed by atoms with Gasteiger partial charge in [0.25, 0.3) is 0 Å². The summed E-state index contributed by atoms with van der Waals surface area (Å²) >= 11 is 5.74. The van der Waals surface area contributed by atoms with Gasteiger partial charge in [-0.2, -0.15) is 0 Å². The fraction of sp³-hybridized carbons (Fsp3) is 1.00. The fourth-order valence-corrected chi connectivity index (χ4v) is 1.68. The SMILES string of the molecule is CCC(C)N1CCOC(CCl)C1. The quantitative estimate of drug-likeness (QED) is 0.630. The number of nitrogens with zero attached hydrogens (tertiary/aromatic N) is 1. The van der Waals surface area contributed by atoms with Crippen molar-refractivity contribution in [3.8, 4) is 0 Å². The molecule has 0 amide bonds. The monoisotopic (exact) mass is 191 g/mol. The Morgan fingerprint density at radius 2 is 2.42 bits per heavy atom. The topological polar surface area (TPSA) is 12.5 Å². The Bertz CT molecular complexity index is 130. The van der Waals surface area contributed by atoms with Crippen molar-refractivity contribution in [3.63, 3.8) is 0 Å². The van der Waals surface area contributed by atoms with Gasteiger partial charge in [0, 0.05) is 25.0 Å². The lowest BCUT2D eigenvalue weighted by atomic mass is 10.2. The predicted octanol–water partition coefficient (Wildman–Crippen LogP) is 1.72. The van der Waals surface area contributed by atoms with Crippen LogP contribution in [0.15, 0.2) is 0 Å². The Hall–Kier alpha value is 0.210. The molecule has 1 saturated heterocycles. The van der Waals surface area contributed by atoms with Gasteiger partial charge >= 0.3 is 0 Å². The van der Waals surface area contributed by atoms with Crippen molar-refractivity contribution >= 4 is 11.6 Å². The largest absolute Gasteiger partial charge is 0.374 e. The van der Waals surface area contributed by atoms with Crippen LogP contribution in [0.5, 0.6) is 0 Å². The highest BCUT2D eigenvalue weighted by atomic mass is 35.5. The molecule has 2 nitrogen and oxygen atoms in total. The first kappa shape index (κ1) is 10.3. The summed E-state index contributed by atoms with van der Waals surface area (Å²) in [6.07, 6.45) is 1.45. The van der Waals surface area contributed by atoms with Crippen LogP contribution in [-0.4, -0.2) is 42.6 Å². The zero-order valence-corrected chi connectivity index (χ0v) is 8.68. The smallest absolute Gasteiger partial charge is 0.0837 e. The van der Waals surface area contributed by atoms with E-state index in [2.05, 4.69) is 18.7 Å². The molecule has 0 aromatic heterocycles. The van der Waals surface area contributed by atoms with Crippen molar-refractivity contribution in [2.24, 2.45) is 0 Å². The molecule has 1 heterocycles. The summed E-state index contributed by atoms with van der Waals surface area (Å²) in [5, 5.41) is 0. The molecule has 0 bridgehead atoms. The molecular weight excluding hydrogens is 174 g/mol. The molecule has 3 heteroatoms. The minimum absolute atomic E-state index is 0.245. The van der Waals surface area contributed by atoms with Gasteiger partial charge in [-0.1, -0.05) is 6.92 Å². The number of morpholine rings is 1. The summed E-state index contributed by atoms with van der Waals surface area (Å²) in [5.41, 5.74) is 0. The number of alkyl halides is 1. The van der Waals surface area contributed by atoms with E-state index in [9.17, 15) is 0 Å². The van der Waals surface area contributed by atoms with Gasteiger partial charge in [-0.05, 0) is 13.3 Å². The van der Waals surface area contributed by atoms with Crippen LogP contribution in [0.2, 0.25) is 0 Å². The van der Waals surface area contributed by atoms with E-state index in [4.69, 9.17) is 16.3 Å². The van der Waals surface area contributed by atoms with Gasteiger partial charge in [-0.15, -0.1) is 11.6 Å². The third-order valence-corrected chi connectivity index (χ3v) is 2.90.